The quantitative estimate of drug-likeness (QED) is 0.585. The summed E-state index contributed by atoms with van der Waals surface area (Å²) in [6, 6.07) is 6.93. The number of esters is 1. The fourth-order valence-corrected chi connectivity index (χ4v) is 4.15. The number of piperidine rings is 1. The number of carbonyl (C=O) groups is 2. The second-order valence-electron chi connectivity index (χ2n) is 8.09. The monoisotopic (exact) mass is 456 g/mol. The third-order valence-electron chi connectivity index (χ3n) is 5.87. The molecule has 2 saturated heterocycles. The number of nitrogens with zero attached hydrogens (tertiary/aromatic N) is 6. The number of nitriles is 1. The van der Waals surface area contributed by atoms with Crippen LogP contribution in [0.25, 0.3) is 0 Å². The number of carbonyl (C=O) groups excluding carboxylic acids is 2. The standard InChI is InChI=1S/C22H25FN6O4/c1-2-32-21(30)19-14-28(26-25-19)12-17-13-29(22(31)33-17)16-3-4-20(18(23)11-16)27-9-6-15(5-8-24)7-10-27/h3-4,11,14-15,17H,2,5-7,9-10,12-13H2,1H3/t17-/m0/s1. The molecule has 4 rings (SSSR count). The smallest absolute Gasteiger partial charge is 0.414 e. The molecule has 2 aromatic rings. The van der Waals surface area contributed by atoms with E-state index in [0.717, 1.165) is 12.8 Å². The van der Waals surface area contributed by atoms with Gasteiger partial charge in [0.05, 0.1) is 43.3 Å². The highest BCUT2D eigenvalue weighted by molar-refractivity contribution is 5.90. The SMILES string of the molecule is CCOC(=O)c1cn(C[C@H]2CN(c3ccc(N4CCC(CC#N)CC4)c(F)c3)C(=O)O2)nn1. The number of ether oxygens (including phenoxy) is 2. The molecular formula is C22H25FN6O4. The fraction of sp³-hybridized carbons (Fsp3) is 0.500. The van der Waals surface area contributed by atoms with Crippen LogP contribution in [0.2, 0.25) is 0 Å². The summed E-state index contributed by atoms with van der Waals surface area (Å²) in [7, 11) is 0. The third-order valence-corrected chi connectivity index (χ3v) is 5.87. The average Bonchev–Trinajstić information content (AvgIpc) is 3.41. The van der Waals surface area contributed by atoms with Gasteiger partial charge >= 0.3 is 12.1 Å². The molecule has 2 fully saturated rings. The summed E-state index contributed by atoms with van der Waals surface area (Å²) in [6.07, 6.45) is 2.57. The minimum atomic E-state index is -0.574. The van der Waals surface area contributed by atoms with Crippen molar-refractivity contribution in [3.05, 3.63) is 35.9 Å². The number of cyclic esters (lactones) is 1. The Morgan fingerprint density at radius 3 is 2.85 bits per heavy atom. The van der Waals surface area contributed by atoms with Crippen LogP contribution in [-0.4, -0.2) is 59.4 Å². The van der Waals surface area contributed by atoms with Crippen LogP contribution in [0.3, 0.4) is 0 Å². The van der Waals surface area contributed by atoms with Gasteiger partial charge in [0.15, 0.2) is 5.69 Å². The Hall–Kier alpha value is -3.68. The van der Waals surface area contributed by atoms with E-state index in [-0.39, 0.29) is 25.4 Å². The van der Waals surface area contributed by atoms with Crippen molar-refractivity contribution in [3.8, 4) is 6.07 Å². The largest absolute Gasteiger partial charge is 0.461 e. The number of halogens is 1. The van der Waals surface area contributed by atoms with Crippen molar-refractivity contribution in [1.29, 1.82) is 5.26 Å². The first kappa shape index (κ1) is 22.5. The summed E-state index contributed by atoms with van der Waals surface area (Å²) >= 11 is 0. The number of hydrogen-bond donors (Lipinski definition) is 0. The molecule has 0 bridgehead atoms. The van der Waals surface area contributed by atoms with Gasteiger partial charge in [-0.2, -0.15) is 5.26 Å². The lowest BCUT2D eigenvalue weighted by Crippen LogP contribution is -2.34. The van der Waals surface area contributed by atoms with Gasteiger partial charge in [-0.05, 0) is 43.9 Å². The zero-order chi connectivity index (χ0) is 23.4. The van der Waals surface area contributed by atoms with Crippen LogP contribution in [0.5, 0.6) is 0 Å². The lowest BCUT2D eigenvalue weighted by molar-refractivity contribution is 0.0519. The minimum Gasteiger partial charge on any atom is -0.461 e. The van der Waals surface area contributed by atoms with Gasteiger partial charge in [0, 0.05) is 19.5 Å². The molecule has 0 aliphatic carbocycles. The van der Waals surface area contributed by atoms with Gasteiger partial charge in [0.1, 0.15) is 11.9 Å². The van der Waals surface area contributed by atoms with Crippen LogP contribution in [0, 0.1) is 23.1 Å². The highest BCUT2D eigenvalue weighted by Gasteiger charge is 2.33. The Bertz CT molecular complexity index is 1060. The predicted octanol–water partition coefficient (Wildman–Crippen LogP) is 2.75. The lowest BCUT2D eigenvalue weighted by Gasteiger charge is -2.33. The predicted molar refractivity (Wildman–Crippen MR) is 115 cm³/mol. The molecule has 0 spiro atoms. The summed E-state index contributed by atoms with van der Waals surface area (Å²) < 4.78 is 26.6. The fourth-order valence-electron chi connectivity index (χ4n) is 4.15. The van der Waals surface area contributed by atoms with E-state index in [2.05, 4.69) is 16.4 Å². The second kappa shape index (κ2) is 9.85. The van der Waals surface area contributed by atoms with Crippen LogP contribution < -0.4 is 9.80 Å². The summed E-state index contributed by atoms with van der Waals surface area (Å²) in [6.45, 7) is 3.74. The second-order valence-corrected chi connectivity index (χ2v) is 8.09. The zero-order valence-electron chi connectivity index (χ0n) is 18.3. The van der Waals surface area contributed by atoms with Crippen molar-refractivity contribution in [2.45, 2.75) is 38.8 Å². The topological polar surface area (TPSA) is 114 Å². The number of rotatable bonds is 7. The van der Waals surface area contributed by atoms with Crippen LogP contribution >= 0.6 is 0 Å². The van der Waals surface area contributed by atoms with E-state index in [1.54, 1.807) is 19.1 Å². The lowest BCUT2D eigenvalue weighted by atomic mass is 9.94. The molecule has 2 aliphatic rings. The van der Waals surface area contributed by atoms with E-state index in [1.165, 1.54) is 21.8 Å². The summed E-state index contributed by atoms with van der Waals surface area (Å²) in [4.78, 5) is 27.5. The molecule has 174 valence electrons. The molecule has 0 unspecified atom stereocenters. The number of hydrogen-bond acceptors (Lipinski definition) is 8. The highest BCUT2D eigenvalue weighted by atomic mass is 19.1. The number of benzene rings is 1. The normalized spacial score (nSPS) is 18.8. The summed E-state index contributed by atoms with van der Waals surface area (Å²) in [5.74, 6) is -0.611. The number of aromatic nitrogens is 3. The van der Waals surface area contributed by atoms with Crippen LogP contribution in [0.4, 0.5) is 20.6 Å². The molecule has 1 aromatic heterocycles. The molecule has 33 heavy (non-hydrogen) atoms. The molecule has 1 aromatic carbocycles. The van der Waals surface area contributed by atoms with Gasteiger partial charge < -0.3 is 14.4 Å². The zero-order valence-corrected chi connectivity index (χ0v) is 18.3. The van der Waals surface area contributed by atoms with Gasteiger partial charge in [0.2, 0.25) is 0 Å². The van der Waals surface area contributed by atoms with Gasteiger partial charge in [0.25, 0.3) is 0 Å². The maximum absolute atomic E-state index is 14.9. The molecule has 0 radical (unpaired) electrons. The van der Waals surface area contributed by atoms with Crippen molar-refractivity contribution in [2.24, 2.45) is 5.92 Å². The van der Waals surface area contributed by atoms with Gasteiger partial charge in [-0.25, -0.2) is 18.7 Å². The van der Waals surface area contributed by atoms with E-state index < -0.39 is 24.0 Å². The van der Waals surface area contributed by atoms with E-state index >= 15 is 0 Å². The number of anilines is 2. The molecular weight excluding hydrogens is 431 g/mol. The molecule has 11 heteroatoms. The Morgan fingerprint density at radius 2 is 2.15 bits per heavy atom. The van der Waals surface area contributed by atoms with Crippen LogP contribution in [0.15, 0.2) is 24.4 Å². The van der Waals surface area contributed by atoms with Crippen molar-refractivity contribution >= 4 is 23.4 Å². The van der Waals surface area contributed by atoms with Crippen molar-refractivity contribution < 1.29 is 23.5 Å². The van der Waals surface area contributed by atoms with Crippen molar-refractivity contribution in [3.63, 3.8) is 0 Å². The van der Waals surface area contributed by atoms with Gasteiger partial charge in [-0.3, -0.25) is 4.90 Å². The highest BCUT2D eigenvalue weighted by Crippen LogP contribution is 2.31. The average molecular weight is 456 g/mol. The molecule has 10 nitrogen and oxygen atoms in total. The van der Waals surface area contributed by atoms with Crippen LogP contribution in [-0.2, 0) is 16.0 Å². The van der Waals surface area contributed by atoms with Crippen molar-refractivity contribution in [1.82, 2.24) is 15.0 Å². The maximum atomic E-state index is 14.9. The first-order chi connectivity index (χ1) is 16.0. The number of amides is 1. The summed E-state index contributed by atoms with van der Waals surface area (Å²) in [5, 5.41) is 16.5. The molecule has 1 atom stereocenters. The Balaban J connectivity index is 1.38. The third kappa shape index (κ3) is 5.05. The Morgan fingerprint density at radius 1 is 1.36 bits per heavy atom. The summed E-state index contributed by atoms with van der Waals surface area (Å²) in [5.41, 5.74) is 0.980. The minimum absolute atomic E-state index is 0.0762. The molecule has 3 heterocycles. The first-order valence-corrected chi connectivity index (χ1v) is 10.9. The molecule has 1 amide bonds. The Kier molecular flexibility index (Phi) is 6.72. The van der Waals surface area contributed by atoms with Gasteiger partial charge in [-0.15, -0.1) is 5.10 Å². The van der Waals surface area contributed by atoms with E-state index in [0.29, 0.717) is 36.8 Å². The van der Waals surface area contributed by atoms with E-state index in [1.807, 2.05) is 4.90 Å². The molecule has 0 saturated carbocycles. The van der Waals surface area contributed by atoms with Crippen LogP contribution in [0.1, 0.15) is 36.7 Å². The molecule has 2 aliphatic heterocycles. The first-order valence-electron chi connectivity index (χ1n) is 10.9. The maximum Gasteiger partial charge on any atom is 0.414 e. The van der Waals surface area contributed by atoms with E-state index in [9.17, 15) is 14.0 Å². The van der Waals surface area contributed by atoms with Crippen molar-refractivity contribution in [2.75, 3.05) is 36.0 Å². The van der Waals surface area contributed by atoms with E-state index in [4.69, 9.17) is 14.7 Å². The van der Waals surface area contributed by atoms with Gasteiger partial charge in [-0.1, -0.05) is 5.21 Å². The Labute approximate surface area is 190 Å². The molecule has 0 N–H and O–H groups in total.